The summed E-state index contributed by atoms with van der Waals surface area (Å²) in [5, 5.41) is 2.92. The average Bonchev–Trinajstić information content (AvgIpc) is 3.10. The Morgan fingerprint density at radius 1 is 1.36 bits per heavy atom. The van der Waals surface area contributed by atoms with Gasteiger partial charge in [0.1, 0.15) is 6.26 Å². The minimum atomic E-state index is -0.0580. The monoisotopic (exact) mass is 339 g/mol. The van der Waals surface area contributed by atoms with E-state index in [1.54, 1.807) is 6.26 Å². The third-order valence-corrected chi connectivity index (χ3v) is 4.77. The Hall–Kier alpha value is -2.56. The summed E-state index contributed by atoms with van der Waals surface area (Å²) in [5.41, 5.74) is 6.01. The van der Waals surface area contributed by atoms with E-state index in [1.165, 1.54) is 22.3 Å². The van der Waals surface area contributed by atoms with Gasteiger partial charge in [-0.05, 0) is 42.5 Å². The molecule has 1 aromatic carbocycles. The second-order valence-corrected chi connectivity index (χ2v) is 6.42. The maximum Gasteiger partial charge on any atom is 0.318 e. The van der Waals surface area contributed by atoms with Crippen LogP contribution in [0.5, 0.6) is 0 Å². The summed E-state index contributed by atoms with van der Waals surface area (Å²) in [6.45, 7) is 8.04. The number of nitrogens with one attached hydrogen (secondary N) is 1. The lowest BCUT2D eigenvalue weighted by molar-refractivity contribution is 0.202. The number of hydrogen-bond acceptors (Lipinski definition) is 3. The van der Waals surface area contributed by atoms with Crippen LogP contribution in [0.25, 0.3) is 5.57 Å². The Labute approximate surface area is 148 Å². The van der Waals surface area contributed by atoms with E-state index >= 15 is 0 Å². The molecule has 0 saturated heterocycles. The van der Waals surface area contributed by atoms with Crippen LogP contribution in [0.4, 0.5) is 4.79 Å². The smallest absolute Gasteiger partial charge is 0.318 e. The molecule has 3 rings (SSSR count). The molecule has 1 aromatic heterocycles. The zero-order valence-corrected chi connectivity index (χ0v) is 15.1. The molecule has 0 spiro atoms. The number of nitrogens with zero attached hydrogens (tertiary/aromatic N) is 2. The van der Waals surface area contributed by atoms with Gasteiger partial charge >= 0.3 is 6.03 Å². The van der Waals surface area contributed by atoms with E-state index < -0.39 is 0 Å². The number of aromatic nitrogens is 1. The van der Waals surface area contributed by atoms with E-state index in [1.807, 2.05) is 11.8 Å². The van der Waals surface area contributed by atoms with Gasteiger partial charge in [0.2, 0.25) is 0 Å². The van der Waals surface area contributed by atoms with Crippen molar-refractivity contribution in [3.8, 4) is 0 Å². The van der Waals surface area contributed by atoms with Gasteiger partial charge in [0.25, 0.3) is 0 Å². The summed E-state index contributed by atoms with van der Waals surface area (Å²) >= 11 is 0. The number of benzene rings is 1. The molecule has 1 N–H and O–H groups in total. The molecule has 0 atom stereocenters. The molecular weight excluding hydrogens is 314 g/mol. The van der Waals surface area contributed by atoms with Crippen molar-refractivity contribution in [1.82, 2.24) is 15.2 Å². The lowest BCUT2D eigenvalue weighted by Gasteiger charge is -2.27. The van der Waals surface area contributed by atoms with Crippen molar-refractivity contribution in [1.29, 1.82) is 0 Å². The van der Waals surface area contributed by atoms with Crippen LogP contribution in [-0.4, -0.2) is 29.0 Å². The molecule has 0 fully saturated rings. The molecule has 5 heteroatoms. The molecule has 5 nitrogen and oxygen atoms in total. The SMILES string of the molecule is CCc1nc(CNC(=O)N2CC=C(c3cccc(C)c3C)CC2)co1. The van der Waals surface area contributed by atoms with Crippen molar-refractivity contribution in [3.63, 3.8) is 0 Å². The molecule has 1 aliphatic rings. The van der Waals surface area contributed by atoms with Crippen LogP contribution < -0.4 is 5.32 Å². The summed E-state index contributed by atoms with van der Waals surface area (Å²) in [4.78, 5) is 18.5. The van der Waals surface area contributed by atoms with Crippen LogP contribution in [0.15, 0.2) is 35.0 Å². The lowest BCUT2D eigenvalue weighted by atomic mass is 9.93. The first-order chi connectivity index (χ1) is 12.1. The number of amides is 2. The maximum atomic E-state index is 12.3. The van der Waals surface area contributed by atoms with Crippen LogP contribution in [0.1, 0.15) is 41.6 Å². The summed E-state index contributed by atoms with van der Waals surface area (Å²) in [5.74, 6) is 0.698. The minimum absolute atomic E-state index is 0.0580. The fraction of sp³-hybridized carbons (Fsp3) is 0.400. The number of urea groups is 1. The highest BCUT2D eigenvalue weighted by molar-refractivity contribution is 5.77. The largest absolute Gasteiger partial charge is 0.449 e. The van der Waals surface area contributed by atoms with Crippen molar-refractivity contribution < 1.29 is 9.21 Å². The van der Waals surface area contributed by atoms with Crippen molar-refractivity contribution in [2.75, 3.05) is 13.1 Å². The predicted molar refractivity (Wildman–Crippen MR) is 98.2 cm³/mol. The summed E-state index contributed by atoms with van der Waals surface area (Å²) in [7, 11) is 0. The topological polar surface area (TPSA) is 58.4 Å². The van der Waals surface area contributed by atoms with Crippen molar-refractivity contribution in [3.05, 3.63) is 58.8 Å². The number of rotatable bonds is 4. The van der Waals surface area contributed by atoms with E-state index in [0.29, 0.717) is 19.0 Å². The minimum Gasteiger partial charge on any atom is -0.449 e. The predicted octanol–water partition coefficient (Wildman–Crippen LogP) is 3.85. The number of hydrogen-bond donors (Lipinski definition) is 1. The molecule has 0 saturated carbocycles. The first-order valence-corrected chi connectivity index (χ1v) is 8.80. The first kappa shape index (κ1) is 17.3. The van der Waals surface area contributed by atoms with E-state index in [-0.39, 0.29) is 6.03 Å². The molecule has 1 aliphatic heterocycles. The zero-order valence-electron chi connectivity index (χ0n) is 15.1. The normalized spacial score (nSPS) is 14.4. The molecule has 2 amide bonds. The van der Waals surface area contributed by atoms with Crippen LogP contribution in [0, 0.1) is 13.8 Å². The Morgan fingerprint density at radius 3 is 2.88 bits per heavy atom. The van der Waals surface area contributed by atoms with Gasteiger partial charge in [0.05, 0.1) is 12.2 Å². The van der Waals surface area contributed by atoms with Crippen LogP contribution in [-0.2, 0) is 13.0 Å². The molecule has 2 aromatic rings. The van der Waals surface area contributed by atoms with Gasteiger partial charge in [-0.15, -0.1) is 0 Å². The number of carbonyl (C=O) groups is 1. The second kappa shape index (κ2) is 7.55. The molecule has 132 valence electrons. The molecular formula is C20H25N3O2. The van der Waals surface area contributed by atoms with Crippen molar-refractivity contribution in [2.24, 2.45) is 0 Å². The maximum absolute atomic E-state index is 12.3. The Morgan fingerprint density at radius 2 is 2.20 bits per heavy atom. The first-order valence-electron chi connectivity index (χ1n) is 8.80. The Kier molecular flexibility index (Phi) is 5.22. The molecule has 0 aliphatic carbocycles. The highest BCUT2D eigenvalue weighted by Gasteiger charge is 2.19. The van der Waals surface area contributed by atoms with Crippen molar-refractivity contribution >= 4 is 11.6 Å². The highest BCUT2D eigenvalue weighted by Crippen LogP contribution is 2.26. The van der Waals surface area contributed by atoms with Gasteiger partial charge in [0.15, 0.2) is 5.89 Å². The molecule has 25 heavy (non-hydrogen) atoms. The Bertz CT molecular complexity index is 792. The van der Waals surface area contributed by atoms with Crippen LogP contribution >= 0.6 is 0 Å². The summed E-state index contributed by atoms with van der Waals surface area (Å²) < 4.78 is 5.29. The van der Waals surface area contributed by atoms with Gasteiger partial charge in [-0.25, -0.2) is 9.78 Å². The quantitative estimate of drug-likeness (QED) is 0.920. The molecule has 0 unspecified atom stereocenters. The van der Waals surface area contributed by atoms with Gasteiger partial charge in [-0.3, -0.25) is 0 Å². The van der Waals surface area contributed by atoms with E-state index in [4.69, 9.17) is 4.42 Å². The molecule has 0 radical (unpaired) electrons. The van der Waals surface area contributed by atoms with Gasteiger partial charge in [-0.1, -0.05) is 31.2 Å². The second-order valence-electron chi connectivity index (χ2n) is 6.42. The highest BCUT2D eigenvalue weighted by atomic mass is 16.3. The van der Waals surface area contributed by atoms with Crippen molar-refractivity contribution in [2.45, 2.75) is 40.2 Å². The van der Waals surface area contributed by atoms with E-state index in [0.717, 1.165) is 25.1 Å². The van der Waals surface area contributed by atoms with Crippen LogP contribution in [0.2, 0.25) is 0 Å². The van der Waals surface area contributed by atoms with E-state index in [9.17, 15) is 4.79 Å². The fourth-order valence-electron chi connectivity index (χ4n) is 3.07. The van der Waals surface area contributed by atoms with Crippen LogP contribution in [0.3, 0.4) is 0 Å². The zero-order chi connectivity index (χ0) is 17.8. The third kappa shape index (κ3) is 3.92. The van der Waals surface area contributed by atoms with Gasteiger partial charge < -0.3 is 14.6 Å². The number of carbonyl (C=O) groups excluding carboxylic acids is 1. The van der Waals surface area contributed by atoms with E-state index in [2.05, 4.69) is 48.4 Å². The number of aryl methyl sites for hydroxylation is 2. The number of oxazole rings is 1. The average molecular weight is 339 g/mol. The summed E-state index contributed by atoms with van der Waals surface area (Å²) in [6.07, 6.45) is 5.40. The van der Waals surface area contributed by atoms with Gasteiger partial charge in [0, 0.05) is 19.5 Å². The standard InChI is InChI=1S/C20H25N3O2/c1-4-19-22-17(13-25-19)12-21-20(24)23-10-8-16(9-11-23)18-7-5-6-14(2)15(18)3/h5-8,13H,4,9-12H2,1-3H3,(H,21,24). The lowest BCUT2D eigenvalue weighted by Crippen LogP contribution is -2.41. The fourth-order valence-corrected chi connectivity index (χ4v) is 3.07. The van der Waals surface area contributed by atoms with Gasteiger partial charge in [-0.2, -0.15) is 0 Å². The summed E-state index contributed by atoms with van der Waals surface area (Å²) in [6, 6.07) is 6.34. The Balaban J connectivity index is 1.58. The molecule has 2 heterocycles. The third-order valence-electron chi connectivity index (χ3n) is 4.77. The molecule has 0 bridgehead atoms.